The molecule has 0 aliphatic heterocycles. The smallest absolute Gasteiger partial charge is 0.254 e. The van der Waals surface area contributed by atoms with Crippen molar-refractivity contribution < 1.29 is 4.79 Å². The standard InChI is InChI=1S/C14H11ClN4O/c1-8-6-17-14-11(13(16)20)7-18-19(14)12(8)9-3-2-4-10(15)5-9/h2-7H,1H3,(H2,16,20). The minimum Gasteiger partial charge on any atom is -0.365 e. The predicted molar refractivity (Wildman–Crippen MR) is 76.7 cm³/mol. The predicted octanol–water partition coefficient (Wildman–Crippen LogP) is 2.46. The van der Waals surface area contributed by atoms with Crippen LogP contribution in [0.2, 0.25) is 5.02 Å². The molecule has 0 fully saturated rings. The summed E-state index contributed by atoms with van der Waals surface area (Å²) in [6.07, 6.45) is 3.12. The van der Waals surface area contributed by atoms with E-state index in [0.29, 0.717) is 16.2 Å². The van der Waals surface area contributed by atoms with Gasteiger partial charge in [0, 0.05) is 16.8 Å². The van der Waals surface area contributed by atoms with E-state index >= 15 is 0 Å². The van der Waals surface area contributed by atoms with Crippen LogP contribution in [0.3, 0.4) is 0 Å². The number of nitrogens with two attached hydrogens (primary N) is 1. The summed E-state index contributed by atoms with van der Waals surface area (Å²) in [6.45, 7) is 1.92. The topological polar surface area (TPSA) is 73.3 Å². The highest BCUT2D eigenvalue weighted by atomic mass is 35.5. The number of rotatable bonds is 2. The number of fused-ring (bicyclic) bond motifs is 1. The van der Waals surface area contributed by atoms with Gasteiger partial charge in [0.05, 0.1) is 11.9 Å². The molecule has 3 rings (SSSR count). The first-order valence-corrected chi connectivity index (χ1v) is 6.35. The summed E-state index contributed by atoms with van der Waals surface area (Å²) < 4.78 is 1.61. The number of amides is 1. The molecule has 0 bridgehead atoms. The average Bonchev–Trinajstić information content (AvgIpc) is 2.82. The number of halogens is 1. The van der Waals surface area contributed by atoms with Gasteiger partial charge in [-0.3, -0.25) is 4.79 Å². The zero-order valence-electron chi connectivity index (χ0n) is 10.7. The van der Waals surface area contributed by atoms with Gasteiger partial charge in [-0.15, -0.1) is 0 Å². The summed E-state index contributed by atoms with van der Waals surface area (Å²) in [5, 5.41) is 4.85. The maximum atomic E-state index is 11.4. The van der Waals surface area contributed by atoms with E-state index in [1.807, 2.05) is 25.1 Å². The van der Waals surface area contributed by atoms with Gasteiger partial charge in [0.15, 0.2) is 5.65 Å². The average molecular weight is 287 g/mol. The van der Waals surface area contributed by atoms with Gasteiger partial charge in [-0.2, -0.15) is 5.10 Å². The number of primary amides is 1. The molecule has 2 N–H and O–H groups in total. The van der Waals surface area contributed by atoms with Gasteiger partial charge in [0.1, 0.15) is 5.56 Å². The second kappa shape index (κ2) is 4.61. The highest BCUT2D eigenvalue weighted by Gasteiger charge is 2.15. The highest BCUT2D eigenvalue weighted by Crippen LogP contribution is 2.26. The van der Waals surface area contributed by atoms with Gasteiger partial charge in [-0.25, -0.2) is 9.50 Å². The molecular weight excluding hydrogens is 276 g/mol. The lowest BCUT2D eigenvalue weighted by Crippen LogP contribution is -2.11. The van der Waals surface area contributed by atoms with Crippen molar-refractivity contribution in [1.29, 1.82) is 0 Å². The Morgan fingerprint density at radius 1 is 1.35 bits per heavy atom. The van der Waals surface area contributed by atoms with E-state index in [1.54, 1.807) is 16.8 Å². The summed E-state index contributed by atoms with van der Waals surface area (Å²) >= 11 is 6.03. The summed E-state index contributed by atoms with van der Waals surface area (Å²) in [5.41, 5.74) is 8.74. The monoisotopic (exact) mass is 286 g/mol. The van der Waals surface area contributed by atoms with Gasteiger partial charge in [-0.1, -0.05) is 23.7 Å². The Morgan fingerprint density at radius 2 is 2.15 bits per heavy atom. The van der Waals surface area contributed by atoms with Crippen molar-refractivity contribution in [2.45, 2.75) is 6.92 Å². The number of carbonyl (C=O) groups excluding carboxylic acids is 1. The molecule has 3 aromatic rings. The van der Waals surface area contributed by atoms with Crippen molar-refractivity contribution in [2.75, 3.05) is 0 Å². The Bertz CT molecular complexity index is 825. The van der Waals surface area contributed by atoms with E-state index in [2.05, 4.69) is 10.1 Å². The molecule has 0 unspecified atom stereocenters. The Morgan fingerprint density at radius 3 is 2.85 bits per heavy atom. The molecule has 6 heteroatoms. The lowest BCUT2D eigenvalue weighted by Gasteiger charge is -2.09. The highest BCUT2D eigenvalue weighted by molar-refractivity contribution is 6.30. The molecule has 100 valence electrons. The summed E-state index contributed by atoms with van der Waals surface area (Å²) in [7, 11) is 0. The number of nitrogens with zero attached hydrogens (tertiary/aromatic N) is 3. The van der Waals surface area contributed by atoms with Gasteiger partial charge in [0.2, 0.25) is 0 Å². The van der Waals surface area contributed by atoms with Crippen LogP contribution in [0.1, 0.15) is 15.9 Å². The molecule has 0 radical (unpaired) electrons. The number of carbonyl (C=O) groups is 1. The fourth-order valence-corrected chi connectivity index (χ4v) is 2.37. The molecule has 2 heterocycles. The molecule has 0 saturated heterocycles. The second-order valence-corrected chi connectivity index (χ2v) is 4.89. The quantitative estimate of drug-likeness (QED) is 0.786. The van der Waals surface area contributed by atoms with Crippen LogP contribution in [0, 0.1) is 6.92 Å². The lowest BCUT2D eigenvalue weighted by atomic mass is 10.1. The van der Waals surface area contributed by atoms with E-state index in [0.717, 1.165) is 16.8 Å². The molecule has 0 aliphatic rings. The van der Waals surface area contributed by atoms with Crippen LogP contribution in [-0.4, -0.2) is 20.5 Å². The molecule has 0 spiro atoms. The van der Waals surface area contributed by atoms with Crippen molar-refractivity contribution in [2.24, 2.45) is 5.73 Å². The molecule has 0 saturated carbocycles. The van der Waals surface area contributed by atoms with Gasteiger partial charge in [0.25, 0.3) is 5.91 Å². The third-order valence-electron chi connectivity index (χ3n) is 3.07. The fraction of sp³-hybridized carbons (Fsp3) is 0.0714. The van der Waals surface area contributed by atoms with Crippen molar-refractivity contribution in [1.82, 2.24) is 14.6 Å². The number of benzene rings is 1. The Hall–Kier alpha value is -2.40. The minimum atomic E-state index is -0.548. The zero-order chi connectivity index (χ0) is 14.3. The summed E-state index contributed by atoms with van der Waals surface area (Å²) in [4.78, 5) is 15.6. The molecule has 20 heavy (non-hydrogen) atoms. The first-order chi connectivity index (χ1) is 9.58. The van der Waals surface area contributed by atoms with Crippen LogP contribution in [0.15, 0.2) is 36.7 Å². The Balaban J connectivity index is 2.35. The van der Waals surface area contributed by atoms with Gasteiger partial charge in [-0.05, 0) is 24.6 Å². The SMILES string of the molecule is Cc1cnc2c(C(N)=O)cnn2c1-c1cccc(Cl)c1. The zero-order valence-corrected chi connectivity index (χ0v) is 11.4. The van der Waals surface area contributed by atoms with Crippen LogP contribution < -0.4 is 5.73 Å². The number of aromatic nitrogens is 3. The van der Waals surface area contributed by atoms with Crippen molar-refractivity contribution >= 4 is 23.2 Å². The first-order valence-electron chi connectivity index (χ1n) is 5.97. The van der Waals surface area contributed by atoms with E-state index in [1.165, 1.54) is 6.20 Å². The van der Waals surface area contributed by atoms with Crippen LogP contribution >= 0.6 is 11.6 Å². The third-order valence-corrected chi connectivity index (χ3v) is 3.31. The maximum Gasteiger partial charge on any atom is 0.254 e. The van der Waals surface area contributed by atoms with E-state index in [-0.39, 0.29) is 0 Å². The molecular formula is C14H11ClN4O. The lowest BCUT2D eigenvalue weighted by molar-refractivity contribution is 0.100. The van der Waals surface area contributed by atoms with Crippen LogP contribution in [0.4, 0.5) is 0 Å². The largest absolute Gasteiger partial charge is 0.365 e. The number of hydrogen-bond acceptors (Lipinski definition) is 3. The molecule has 2 aromatic heterocycles. The number of aryl methyl sites for hydroxylation is 1. The van der Waals surface area contributed by atoms with Crippen LogP contribution in [0.5, 0.6) is 0 Å². The minimum absolute atomic E-state index is 0.299. The van der Waals surface area contributed by atoms with Crippen LogP contribution in [-0.2, 0) is 0 Å². The molecule has 0 aliphatic carbocycles. The second-order valence-electron chi connectivity index (χ2n) is 4.46. The maximum absolute atomic E-state index is 11.4. The van der Waals surface area contributed by atoms with Crippen molar-refractivity contribution in [3.05, 3.63) is 52.8 Å². The van der Waals surface area contributed by atoms with Gasteiger partial charge >= 0.3 is 0 Å². The van der Waals surface area contributed by atoms with Crippen molar-refractivity contribution in [3.63, 3.8) is 0 Å². The van der Waals surface area contributed by atoms with Crippen molar-refractivity contribution in [3.8, 4) is 11.3 Å². The fourth-order valence-electron chi connectivity index (χ4n) is 2.18. The van der Waals surface area contributed by atoms with E-state index in [9.17, 15) is 4.79 Å². The van der Waals surface area contributed by atoms with Crippen LogP contribution in [0.25, 0.3) is 16.9 Å². The molecule has 5 nitrogen and oxygen atoms in total. The molecule has 0 atom stereocenters. The van der Waals surface area contributed by atoms with E-state index < -0.39 is 5.91 Å². The summed E-state index contributed by atoms with van der Waals surface area (Å²) in [6, 6.07) is 7.44. The number of hydrogen-bond donors (Lipinski definition) is 1. The van der Waals surface area contributed by atoms with E-state index in [4.69, 9.17) is 17.3 Å². The third kappa shape index (κ3) is 1.92. The molecule has 1 amide bonds. The summed E-state index contributed by atoms with van der Waals surface area (Å²) in [5.74, 6) is -0.548. The normalized spacial score (nSPS) is 10.9. The Kier molecular flexibility index (Phi) is 2.91. The van der Waals surface area contributed by atoms with Gasteiger partial charge < -0.3 is 5.73 Å². The first kappa shape index (κ1) is 12.6. The molecule has 1 aromatic carbocycles. The Labute approximate surface area is 120 Å².